The standard InChI is InChI=1S/C30H26F3N7O2/c1-19-24(6-3-7-25(19)36-28(41)20-4-2-5-21(18-20)30(31,32)33)26-27-37-29(38-40(27)13-12-34-26)35-22-8-10-23(11-9-22)39-14-16-42-17-15-39/h2-13,18H,14-17H2,1H3,(H,35,38)(H,36,41). The number of amides is 1. The molecule has 6 rings (SSSR count). The van der Waals surface area contributed by atoms with Gasteiger partial charge in [0.15, 0.2) is 5.65 Å². The third kappa shape index (κ3) is 5.61. The number of carbonyl (C=O) groups excluding carboxylic acids is 1. The second kappa shape index (κ2) is 11.1. The Labute approximate surface area is 239 Å². The maximum Gasteiger partial charge on any atom is 0.416 e. The van der Waals surface area contributed by atoms with E-state index in [0.717, 1.165) is 36.6 Å². The zero-order chi connectivity index (χ0) is 29.3. The minimum Gasteiger partial charge on any atom is -0.378 e. The van der Waals surface area contributed by atoms with E-state index in [0.29, 0.717) is 47.3 Å². The van der Waals surface area contributed by atoms with Crippen LogP contribution in [0.15, 0.2) is 79.1 Å². The van der Waals surface area contributed by atoms with Crippen molar-refractivity contribution in [2.75, 3.05) is 41.8 Å². The first-order chi connectivity index (χ1) is 20.3. The number of halogens is 3. The van der Waals surface area contributed by atoms with Gasteiger partial charge in [-0.15, -0.1) is 5.10 Å². The van der Waals surface area contributed by atoms with Gasteiger partial charge < -0.3 is 20.3 Å². The van der Waals surface area contributed by atoms with Gasteiger partial charge in [-0.1, -0.05) is 18.2 Å². The summed E-state index contributed by atoms with van der Waals surface area (Å²) in [6.45, 7) is 4.93. The van der Waals surface area contributed by atoms with Crippen molar-refractivity contribution in [3.8, 4) is 11.3 Å². The maximum absolute atomic E-state index is 13.1. The summed E-state index contributed by atoms with van der Waals surface area (Å²) in [7, 11) is 0. The lowest BCUT2D eigenvalue weighted by Crippen LogP contribution is -2.36. The Kier molecular flexibility index (Phi) is 7.21. The lowest BCUT2D eigenvalue weighted by atomic mass is 10.0. The molecule has 0 saturated carbocycles. The number of nitrogens with zero attached hydrogens (tertiary/aromatic N) is 5. The number of benzene rings is 3. The normalized spacial score (nSPS) is 13.8. The van der Waals surface area contributed by atoms with Crippen LogP contribution in [0.25, 0.3) is 16.9 Å². The summed E-state index contributed by atoms with van der Waals surface area (Å²) in [6.07, 6.45) is -1.26. The predicted octanol–water partition coefficient (Wildman–Crippen LogP) is 5.95. The minimum atomic E-state index is -4.55. The van der Waals surface area contributed by atoms with E-state index in [2.05, 4.69) is 30.6 Å². The maximum atomic E-state index is 13.1. The van der Waals surface area contributed by atoms with Crippen LogP contribution in [0, 0.1) is 6.92 Å². The first-order valence-corrected chi connectivity index (χ1v) is 13.3. The fourth-order valence-corrected chi connectivity index (χ4v) is 4.83. The molecule has 42 heavy (non-hydrogen) atoms. The SMILES string of the molecule is Cc1c(NC(=O)c2cccc(C(F)(F)F)c2)cccc1-c1nccn2nc(Nc3ccc(N4CCOCC4)cc3)nc12. The Bertz CT molecular complexity index is 1750. The summed E-state index contributed by atoms with van der Waals surface area (Å²) < 4.78 is 46.5. The van der Waals surface area contributed by atoms with Gasteiger partial charge in [0.1, 0.15) is 5.69 Å². The molecule has 5 aromatic rings. The molecule has 3 aromatic carbocycles. The average Bonchev–Trinajstić information content (AvgIpc) is 3.41. The number of fused-ring (bicyclic) bond motifs is 1. The number of ether oxygens (including phenoxy) is 1. The Morgan fingerprint density at radius 3 is 2.52 bits per heavy atom. The number of nitrogens with one attached hydrogen (secondary N) is 2. The van der Waals surface area contributed by atoms with E-state index in [-0.39, 0.29) is 5.56 Å². The van der Waals surface area contributed by atoms with E-state index in [1.54, 1.807) is 36.0 Å². The van der Waals surface area contributed by atoms with E-state index in [1.807, 2.05) is 30.3 Å². The molecule has 0 bridgehead atoms. The van der Waals surface area contributed by atoms with Gasteiger partial charge in [0, 0.05) is 53.7 Å². The monoisotopic (exact) mass is 573 g/mol. The highest BCUT2D eigenvalue weighted by atomic mass is 19.4. The predicted molar refractivity (Wildman–Crippen MR) is 153 cm³/mol. The summed E-state index contributed by atoms with van der Waals surface area (Å²) in [4.78, 5) is 24.3. The van der Waals surface area contributed by atoms with Crippen molar-refractivity contribution >= 4 is 34.6 Å². The molecule has 12 heteroatoms. The van der Waals surface area contributed by atoms with Gasteiger partial charge in [-0.05, 0) is 61.0 Å². The first kappa shape index (κ1) is 27.2. The molecule has 2 N–H and O–H groups in total. The number of aromatic nitrogens is 4. The van der Waals surface area contributed by atoms with Crippen molar-refractivity contribution in [1.29, 1.82) is 0 Å². The van der Waals surface area contributed by atoms with Gasteiger partial charge in [-0.2, -0.15) is 18.2 Å². The van der Waals surface area contributed by atoms with E-state index in [4.69, 9.17) is 4.74 Å². The van der Waals surface area contributed by atoms with Gasteiger partial charge in [0.25, 0.3) is 5.91 Å². The molecule has 2 aromatic heterocycles. The van der Waals surface area contributed by atoms with Gasteiger partial charge in [0.2, 0.25) is 5.95 Å². The number of rotatable bonds is 6. The van der Waals surface area contributed by atoms with Crippen molar-refractivity contribution in [2.24, 2.45) is 0 Å². The quantitative estimate of drug-likeness (QED) is 0.259. The molecule has 0 unspecified atom stereocenters. The van der Waals surface area contributed by atoms with Crippen molar-refractivity contribution in [1.82, 2.24) is 19.6 Å². The van der Waals surface area contributed by atoms with Gasteiger partial charge in [-0.3, -0.25) is 9.78 Å². The van der Waals surface area contributed by atoms with Crippen LogP contribution in [-0.2, 0) is 10.9 Å². The second-order valence-corrected chi connectivity index (χ2v) is 9.76. The summed E-state index contributed by atoms with van der Waals surface area (Å²) >= 11 is 0. The fraction of sp³-hybridized carbons (Fsp3) is 0.200. The summed E-state index contributed by atoms with van der Waals surface area (Å²) in [5.41, 5.74) is 3.80. The Morgan fingerprint density at radius 1 is 1.00 bits per heavy atom. The molecule has 1 saturated heterocycles. The molecule has 3 heterocycles. The molecular formula is C30H26F3N7O2. The summed E-state index contributed by atoms with van der Waals surface area (Å²) in [6, 6.07) is 17.6. The third-order valence-corrected chi connectivity index (χ3v) is 7.04. The van der Waals surface area contributed by atoms with Crippen molar-refractivity contribution in [3.63, 3.8) is 0 Å². The molecule has 1 aliphatic rings. The van der Waals surface area contributed by atoms with E-state index < -0.39 is 17.6 Å². The zero-order valence-corrected chi connectivity index (χ0v) is 22.5. The minimum absolute atomic E-state index is 0.0963. The molecule has 0 aliphatic carbocycles. The number of carbonyl (C=O) groups is 1. The highest BCUT2D eigenvalue weighted by Crippen LogP contribution is 2.32. The molecular weight excluding hydrogens is 547 g/mol. The fourth-order valence-electron chi connectivity index (χ4n) is 4.83. The molecule has 1 fully saturated rings. The number of hydrogen-bond acceptors (Lipinski definition) is 7. The number of hydrogen-bond donors (Lipinski definition) is 2. The van der Waals surface area contributed by atoms with E-state index in [1.165, 1.54) is 12.1 Å². The van der Waals surface area contributed by atoms with Crippen LogP contribution in [0.3, 0.4) is 0 Å². The number of alkyl halides is 3. The van der Waals surface area contributed by atoms with Crippen LogP contribution < -0.4 is 15.5 Å². The van der Waals surface area contributed by atoms with Crippen molar-refractivity contribution in [3.05, 3.63) is 95.8 Å². The molecule has 1 amide bonds. The average molecular weight is 574 g/mol. The van der Waals surface area contributed by atoms with Gasteiger partial charge in [-0.25, -0.2) is 4.52 Å². The lowest BCUT2D eigenvalue weighted by Gasteiger charge is -2.28. The van der Waals surface area contributed by atoms with Crippen LogP contribution in [0.2, 0.25) is 0 Å². The van der Waals surface area contributed by atoms with E-state index >= 15 is 0 Å². The number of anilines is 4. The van der Waals surface area contributed by atoms with Gasteiger partial charge in [0.05, 0.1) is 18.8 Å². The van der Waals surface area contributed by atoms with E-state index in [9.17, 15) is 18.0 Å². The smallest absolute Gasteiger partial charge is 0.378 e. The highest BCUT2D eigenvalue weighted by Gasteiger charge is 2.31. The summed E-state index contributed by atoms with van der Waals surface area (Å²) in [5.74, 6) is -0.267. The topological polar surface area (TPSA) is 96.7 Å². The van der Waals surface area contributed by atoms with Crippen molar-refractivity contribution in [2.45, 2.75) is 13.1 Å². The molecule has 214 valence electrons. The van der Waals surface area contributed by atoms with Gasteiger partial charge >= 0.3 is 6.18 Å². The Morgan fingerprint density at radius 2 is 1.76 bits per heavy atom. The molecule has 0 radical (unpaired) electrons. The second-order valence-electron chi connectivity index (χ2n) is 9.76. The molecule has 9 nitrogen and oxygen atoms in total. The van der Waals surface area contributed by atoms with Crippen LogP contribution in [0.1, 0.15) is 21.5 Å². The first-order valence-electron chi connectivity index (χ1n) is 13.3. The lowest BCUT2D eigenvalue weighted by molar-refractivity contribution is -0.137. The third-order valence-electron chi connectivity index (χ3n) is 7.04. The zero-order valence-electron chi connectivity index (χ0n) is 22.5. The summed E-state index contributed by atoms with van der Waals surface area (Å²) in [5, 5.41) is 10.5. The number of morpholine rings is 1. The van der Waals surface area contributed by atoms with Crippen LogP contribution in [-0.4, -0.2) is 51.8 Å². The van der Waals surface area contributed by atoms with Crippen LogP contribution >= 0.6 is 0 Å². The van der Waals surface area contributed by atoms with Crippen LogP contribution in [0.5, 0.6) is 0 Å². The highest BCUT2D eigenvalue weighted by molar-refractivity contribution is 6.05. The van der Waals surface area contributed by atoms with Crippen LogP contribution in [0.4, 0.5) is 36.2 Å². The molecule has 0 atom stereocenters. The van der Waals surface area contributed by atoms with Crippen molar-refractivity contribution < 1.29 is 22.7 Å². The largest absolute Gasteiger partial charge is 0.416 e. The Balaban J connectivity index is 1.24. The molecule has 0 spiro atoms. The Hall–Kier alpha value is -4.97. The molecule has 1 aliphatic heterocycles.